The highest BCUT2D eigenvalue weighted by Crippen LogP contribution is 2.26. The van der Waals surface area contributed by atoms with Gasteiger partial charge in [-0.3, -0.25) is 9.59 Å². The van der Waals surface area contributed by atoms with Crippen LogP contribution in [0.5, 0.6) is 0 Å². The lowest BCUT2D eigenvalue weighted by Crippen LogP contribution is -2.57. The third kappa shape index (κ3) is 4.39. The number of nitrogens with one attached hydrogen (secondary N) is 1. The molecule has 3 amide bonds. The first-order valence-corrected chi connectivity index (χ1v) is 8.77. The van der Waals surface area contributed by atoms with Crippen LogP contribution in [0.25, 0.3) is 0 Å². The molecule has 0 radical (unpaired) electrons. The van der Waals surface area contributed by atoms with Crippen molar-refractivity contribution in [1.29, 1.82) is 0 Å². The van der Waals surface area contributed by atoms with Gasteiger partial charge in [-0.25, -0.2) is 4.79 Å². The molecular weight excluding hydrogens is 310 g/mol. The Morgan fingerprint density at radius 2 is 1.75 bits per heavy atom. The van der Waals surface area contributed by atoms with Crippen molar-refractivity contribution in [3.8, 4) is 0 Å². The molecule has 1 aliphatic heterocycles. The number of amides is 3. The molecule has 2 rings (SSSR count). The van der Waals surface area contributed by atoms with Crippen molar-refractivity contribution >= 4 is 17.9 Å². The Morgan fingerprint density at radius 3 is 2.29 bits per heavy atom. The van der Waals surface area contributed by atoms with Crippen LogP contribution in [0.4, 0.5) is 4.79 Å². The predicted molar refractivity (Wildman–Crippen MR) is 89.0 cm³/mol. The van der Waals surface area contributed by atoms with E-state index in [9.17, 15) is 14.4 Å². The van der Waals surface area contributed by atoms with Crippen LogP contribution >= 0.6 is 0 Å². The molecule has 1 saturated heterocycles. The summed E-state index contributed by atoms with van der Waals surface area (Å²) in [6, 6.07) is -1.35. The number of primary amides is 1. The lowest BCUT2D eigenvalue weighted by molar-refractivity contribution is -0.141. The second kappa shape index (κ2) is 7.40. The van der Waals surface area contributed by atoms with Crippen LogP contribution in [0.1, 0.15) is 59.3 Å². The van der Waals surface area contributed by atoms with Gasteiger partial charge in [0.25, 0.3) is 0 Å². The van der Waals surface area contributed by atoms with Crippen molar-refractivity contribution in [1.82, 2.24) is 10.2 Å². The molecule has 1 saturated carbocycles. The molecule has 0 bridgehead atoms. The second-order valence-electron chi connectivity index (χ2n) is 7.85. The molecule has 0 unspecified atom stereocenters. The van der Waals surface area contributed by atoms with Crippen LogP contribution in [0.15, 0.2) is 0 Å². The number of alkyl carbamates (subject to hydrolysis) is 1. The zero-order valence-electron chi connectivity index (χ0n) is 14.8. The van der Waals surface area contributed by atoms with E-state index in [2.05, 4.69) is 5.32 Å². The minimum Gasteiger partial charge on any atom is -0.446 e. The van der Waals surface area contributed by atoms with E-state index in [1.54, 1.807) is 0 Å². The summed E-state index contributed by atoms with van der Waals surface area (Å²) in [5.74, 6) is -0.769. The van der Waals surface area contributed by atoms with Gasteiger partial charge < -0.3 is 20.7 Å². The summed E-state index contributed by atoms with van der Waals surface area (Å²) in [5.41, 5.74) is 4.90. The zero-order chi connectivity index (χ0) is 17.9. The van der Waals surface area contributed by atoms with Gasteiger partial charge in [0, 0.05) is 6.54 Å². The van der Waals surface area contributed by atoms with E-state index in [1.807, 2.05) is 20.8 Å². The molecule has 24 heavy (non-hydrogen) atoms. The van der Waals surface area contributed by atoms with Gasteiger partial charge in [0.15, 0.2) is 0 Å². The molecule has 0 aromatic heterocycles. The third-order valence-corrected chi connectivity index (χ3v) is 4.82. The molecule has 7 nitrogen and oxygen atoms in total. The molecule has 1 heterocycles. The number of hydrogen-bond donors (Lipinski definition) is 2. The summed E-state index contributed by atoms with van der Waals surface area (Å²) >= 11 is 0. The average molecular weight is 339 g/mol. The van der Waals surface area contributed by atoms with Gasteiger partial charge >= 0.3 is 6.09 Å². The molecule has 2 fully saturated rings. The van der Waals surface area contributed by atoms with E-state index in [0.29, 0.717) is 13.0 Å². The largest absolute Gasteiger partial charge is 0.446 e. The second-order valence-corrected chi connectivity index (χ2v) is 7.85. The smallest absolute Gasteiger partial charge is 0.408 e. The molecular formula is C17H29N3O4. The summed E-state index contributed by atoms with van der Waals surface area (Å²) in [4.78, 5) is 38.2. The molecule has 2 aliphatic rings. The van der Waals surface area contributed by atoms with Crippen LogP contribution in [0.3, 0.4) is 0 Å². The summed E-state index contributed by atoms with van der Waals surface area (Å²) < 4.78 is 5.41. The highest BCUT2D eigenvalue weighted by molar-refractivity contribution is 5.91. The van der Waals surface area contributed by atoms with Crippen LogP contribution in [-0.2, 0) is 14.3 Å². The average Bonchev–Trinajstić information content (AvgIpc) is 3.13. The summed E-state index contributed by atoms with van der Waals surface area (Å²) in [6.45, 7) is 6.11. The van der Waals surface area contributed by atoms with Crippen LogP contribution in [0, 0.1) is 5.41 Å². The SMILES string of the molecule is CC(C)(C)[C@H](NC(=O)OC1CCCC1)C(=O)N1CCC[C@H]1C(N)=O. The van der Waals surface area contributed by atoms with Crippen molar-refractivity contribution < 1.29 is 19.1 Å². The number of hydrogen-bond acceptors (Lipinski definition) is 4. The van der Waals surface area contributed by atoms with Gasteiger partial charge in [-0.1, -0.05) is 20.8 Å². The Morgan fingerprint density at radius 1 is 1.12 bits per heavy atom. The first-order valence-electron chi connectivity index (χ1n) is 8.77. The van der Waals surface area contributed by atoms with Crippen LogP contribution in [0.2, 0.25) is 0 Å². The van der Waals surface area contributed by atoms with Crippen molar-refractivity contribution in [3.05, 3.63) is 0 Å². The number of rotatable bonds is 4. The van der Waals surface area contributed by atoms with Gasteiger partial charge in [0.2, 0.25) is 11.8 Å². The van der Waals surface area contributed by atoms with Gasteiger partial charge in [-0.05, 0) is 43.9 Å². The predicted octanol–water partition coefficient (Wildman–Crippen LogP) is 1.55. The van der Waals surface area contributed by atoms with E-state index in [0.717, 1.165) is 32.1 Å². The summed E-state index contributed by atoms with van der Waals surface area (Å²) in [6.07, 6.45) is 4.56. The fourth-order valence-corrected chi connectivity index (χ4v) is 3.45. The van der Waals surface area contributed by atoms with E-state index >= 15 is 0 Å². The fourth-order valence-electron chi connectivity index (χ4n) is 3.45. The minimum absolute atomic E-state index is 0.0640. The summed E-state index contributed by atoms with van der Waals surface area (Å²) in [5, 5.41) is 2.72. The highest BCUT2D eigenvalue weighted by atomic mass is 16.6. The Bertz CT molecular complexity index is 495. The molecule has 136 valence electrons. The van der Waals surface area contributed by atoms with Gasteiger partial charge in [0.1, 0.15) is 18.2 Å². The van der Waals surface area contributed by atoms with E-state index in [1.165, 1.54) is 4.90 Å². The lowest BCUT2D eigenvalue weighted by Gasteiger charge is -2.35. The maximum absolute atomic E-state index is 12.9. The molecule has 1 aliphatic carbocycles. The first-order chi connectivity index (χ1) is 11.2. The summed E-state index contributed by atoms with van der Waals surface area (Å²) in [7, 11) is 0. The quantitative estimate of drug-likeness (QED) is 0.811. The van der Waals surface area contributed by atoms with Crippen molar-refractivity contribution in [3.63, 3.8) is 0 Å². The molecule has 0 spiro atoms. The molecule has 7 heteroatoms. The maximum Gasteiger partial charge on any atom is 0.408 e. The van der Waals surface area contributed by atoms with Gasteiger partial charge in [-0.15, -0.1) is 0 Å². The molecule has 2 atom stereocenters. The standard InChI is InChI=1S/C17H29N3O4/c1-17(2,3)13(19-16(23)24-11-7-4-5-8-11)15(22)20-10-6-9-12(20)14(18)21/h11-13H,4-10H2,1-3H3,(H2,18,21)(H,19,23)/t12-,13+/m0/s1. The number of nitrogens with two attached hydrogens (primary N) is 1. The highest BCUT2D eigenvalue weighted by Gasteiger charge is 2.41. The Kier molecular flexibility index (Phi) is 5.72. The van der Waals surface area contributed by atoms with Gasteiger partial charge in [0.05, 0.1) is 0 Å². The van der Waals surface area contributed by atoms with Crippen molar-refractivity contribution in [2.24, 2.45) is 11.1 Å². The Hall–Kier alpha value is -1.79. The number of likely N-dealkylation sites (tertiary alicyclic amines) is 1. The minimum atomic E-state index is -0.758. The zero-order valence-corrected chi connectivity index (χ0v) is 14.8. The fraction of sp³-hybridized carbons (Fsp3) is 0.824. The molecule has 0 aromatic rings. The van der Waals surface area contributed by atoms with Crippen LogP contribution < -0.4 is 11.1 Å². The third-order valence-electron chi connectivity index (χ3n) is 4.82. The van der Waals surface area contributed by atoms with E-state index in [4.69, 9.17) is 10.5 Å². The lowest BCUT2D eigenvalue weighted by atomic mass is 9.85. The molecule has 0 aromatic carbocycles. The van der Waals surface area contributed by atoms with E-state index < -0.39 is 29.5 Å². The van der Waals surface area contributed by atoms with Gasteiger partial charge in [-0.2, -0.15) is 0 Å². The normalized spacial score (nSPS) is 23.1. The van der Waals surface area contributed by atoms with Crippen molar-refractivity contribution in [2.45, 2.75) is 77.5 Å². The van der Waals surface area contributed by atoms with Crippen LogP contribution in [-0.4, -0.2) is 47.5 Å². The number of carbonyl (C=O) groups excluding carboxylic acids is 3. The van der Waals surface area contributed by atoms with E-state index in [-0.39, 0.29) is 12.0 Å². The number of nitrogens with zero attached hydrogens (tertiary/aromatic N) is 1. The maximum atomic E-state index is 12.9. The number of carbonyl (C=O) groups is 3. The Labute approximate surface area is 143 Å². The number of ether oxygens (including phenoxy) is 1. The Balaban J connectivity index is 2.05. The first kappa shape index (κ1) is 18.5. The van der Waals surface area contributed by atoms with Crippen molar-refractivity contribution in [2.75, 3.05) is 6.54 Å². The monoisotopic (exact) mass is 339 g/mol. The topological polar surface area (TPSA) is 102 Å². The molecule has 3 N–H and O–H groups in total.